The van der Waals surface area contributed by atoms with E-state index >= 15 is 0 Å². The highest BCUT2D eigenvalue weighted by atomic mass is 32.2. The number of carbonyl (C=O) groups excluding carboxylic acids is 1. The zero-order valence-corrected chi connectivity index (χ0v) is 13.5. The topological polar surface area (TPSA) is 81.4 Å². The Bertz CT molecular complexity index is 684. The molecule has 0 fully saturated rings. The van der Waals surface area contributed by atoms with Gasteiger partial charge in [0.05, 0.1) is 24.2 Å². The smallest absolute Gasteiger partial charge is 0.239 e. The molecule has 1 N–H and O–H groups in total. The van der Waals surface area contributed by atoms with Crippen molar-refractivity contribution < 1.29 is 18.3 Å². The van der Waals surface area contributed by atoms with Crippen LogP contribution in [0.2, 0.25) is 0 Å². The number of rotatable bonds is 6. The van der Waals surface area contributed by atoms with Gasteiger partial charge in [0.2, 0.25) is 5.91 Å². The molecule has 1 amide bonds. The zero-order valence-electron chi connectivity index (χ0n) is 12.7. The molecule has 1 heterocycles. The van der Waals surface area contributed by atoms with Crippen LogP contribution >= 0.6 is 0 Å². The molecule has 2 rings (SSSR count). The highest BCUT2D eigenvalue weighted by molar-refractivity contribution is 7.85. The highest BCUT2D eigenvalue weighted by Gasteiger charge is 2.22. The van der Waals surface area contributed by atoms with Gasteiger partial charge in [-0.25, -0.2) is 0 Å². The number of nitrogens with zero attached hydrogens (tertiary/aromatic N) is 1. The molecule has 0 aliphatic carbocycles. The number of hydrogen-bond acceptors (Lipinski definition) is 5. The summed E-state index contributed by atoms with van der Waals surface area (Å²) >= 11 is 0. The van der Waals surface area contributed by atoms with Crippen molar-refractivity contribution in [2.45, 2.75) is 24.9 Å². The van der Waals surface area contributed by atoms with Gasteiger partial charge in [0.1, 0.15) is 16.8 Å². The maximum Gasteiger partial charge on any atom is 0.239 e. The maximum absolute atomic E-state index is 12.2. The van der Waals surface area contributed by atoms with Crippen molar-refractivity contribution in [3.63, 3.8) is 0 Å². The Morgan fingerprint density at radius 3 is 2.82 bits per heavy atom. The Hall–Kier alpha value is -2.15. The average Bonchev–Trinajstić information content (AvgIpc) is 2.92. The summed E-state index contributed by atoms with van der Waals surface area (Å²) in [6.45, 7) is 3.38. The quantitative estimate of drug-likeness (QED) is 0.882. The van der Waals surface area contributed by atoms with E-state index in [0.717, 1.165) is 0 Å². The summed E-state index contributed by atoms with van der Waals surface area (Å²) in [5, 5.41) is 5.84. The van der Waals surface area contributed by atoms with E-state index in [0.29, 0.717) is 22.9 Å². The van der Waals surface area contributed by atoms with E-state index in [1.165, 1.54) is 7.11 Å². The summed E-state index contributed by atoms with van der Waals surface area (Å²) in [6, 6.07) is 8.78. The lowest BCUT2D eigenvalue weighted by molar-refractivity contribution is -0.115. The van der Waals surface area contributed by atoms with Gasteiger partial charge in [-0.3, -0.25) is 9.00 Å². The minimum absolute atomic E-state index is 0.178. The Morgan fingerprint density at radius 1 is 1.45 bits per heavy atom. The van der Waals surface area contributed by atoms with Gasteiger partial charge in [-0.15, -0.1) is 0 Å². The Labute approximate surface area is 131 Å². The maximum atomic E-state index is 12.2. The van der Waals surface area contributed by atoms with Crippen LogP contribution in [0.15, 0.2) is 34.9 Å². The van der Waals surface area contributed by atoms with Crippen LogP contribution in [0.4, 0.5) is 5.69 Å². The van der Waals surface area contributed by atoms with Crippen LogP contribution in [0, 0.1) is 6.92 Å². The van der Waals surface area contributed by atoms with Gasteiger partial charge in [-0.2, -0.15) is 0 Å². The van der Waals surface area contributed by atoms with Crippen molar-refractivity contribution in [1.29, 1.82) is 0 Å². The highest BCUT2D eigenvalue weighted by Crippen LogP contribution is 2.23. The Kier molecular flexibility index (Phi) is 5.32. The monoisotopic (exact) mass is 322 g/mol. The lowest BCUT2D eigenvalue weighted by Gasteiger charge is -2.13. The molecule has 0 spiro atoms. The first-order valence-corrected chi connectivity index (χ1v) is 8.12. The molecule has 1 aromatic heterocycles. The van der Waals surface area contributed by atoms with Crippen molar-refractivity contribution in [3.8, 4) is 5.75 Å². The van der Waals surface area contributed by atoms with Crippen LogP contribution < -0.4 is 10.1 Å². The van der Waals surface area contributed by atoms with Gasteiger partial charge in [0.15, 0.2) is 0 Å². The third kappa shape index (κ3) is 3.94. The van der Waals surface area contributed by atoms with Crippen LogP contribution in [-0.4, -0.2) is 27.6 Å². The largest absolute Gasteiger partial charge is 0.495 e. The predicted molar refractivity (Wildman–Crippen MR) is 84.2 cm³/mol. The van der Waals surface area contributed by atoms with Crippen molar-refractivity contribution in [1.82, 2.24) is 5.16 Å². The zero-order chi connectivity index (χ0) is 16.1. The fraction of sp³-hybridized carbons (Fsp3) is 0.333. The van der Waals surface area contributed by atoms with Crippen molar-refractivity contribution in [3.05, 3.63) is 41.8 Å². The number of methoxy groups -OCH3 is 1. The second-order valence-corrected chi connectivity index (χ2v) is 6.54. The number of anilines is 1. The molecular formula is C15H18N2O4S. The molecule has 2 aromatic rings. The molecule has 22 heavy (non-hydrogen) atoms. The SMILES string of the molecule is COc1ccccc1NC(=O)C(C)S(=O)Cc1cc(C)on1. The molecule has 2 unspecified atom stereocenters. The number of para-hydroxylation sites is 2. The van der Waals surface area contributed by atoms with Gasteiger partial charge in [0, 0.05) is 16.9 Å². The van der Waals surface area contributed by atoms with Crippen LogP contribution in [-0.2, 0) is 21.3 Å². The molecule has 7 heteroatoms. The first-order valence-electron chi connectivity index (χ1n) is 6.74. The van der Waals surface area contributed by atoms with Crippen molar-refractivity contribution in [2.75, 3.05) is 12.4 Å². The molecule has 1 aromatic carbocycles. The van der Waals surface area contributed by atoms with Crippen molar-refractivity contribution in [2.24, 2.45) is 0 Å². The van der Waals surface area contributed by atoms with E-state index in [4.69, 9.17) is 9.26 Å². The summed E-state index contributed by atoms with van der Waals surface area (Å²) in [6.07, 6.45) is 0. The van der Waals surface area contributed by atoms with Gasteiger partial charge >= 0.3 is 0 Å². The van der Waals surface area contributed by atoms with Gasteiger partial charge in [0.25, 0.3) is 0 Å². The van der Waals surface area contributed by atoms with Gasteiger partial charge in [-0.1, -0.05) is 17.3 Å². The summed E-state index contributed by atoms with van der Waals surface area (Å²) in [4.78, 5) is 12.2. The molecule has 0 radical (unpaired) electrons. The summed E-state index contributed by atoms with van der Waals surface area (Å²) in [5.41, 5.74) is 1.13. The molecule has 118 valence electrons. The molecule has 0 aliphatic rings. The van der Waals surface area contributed by atoms with Crippen LogP contribution in [0.5, 0.6) is 5.75 Å². The molecule has 2 atom stereocenters. The normalized spacial score (nSPS) is 13.4. The first kappa shape index (κ1) is 16.2. The summed E-state index contributed by atoms with van der Waals surface area (Å²) < 4.78 is 22.3. The van der Waals surface area contributed by atoms with E-state index in [-0.39, 0.29) is 11.7 Å². The molecule has 0 saturated heterocycles. The number of benzene rings is 1. The number of aromatic nitrogens is 1. The Morgan fingerprint density at radius 2 is 2.18 bits per heavy atom. The lowest BCUT2D eigenvalue weighted by atomic mass is 10.3. The van der Waals surface area contributed by atoms with Crippen molar-refractivity contribution >= 4 is 22.4 Å². The van der Waals surface area contributed by atoms with Crippen LogP contribution in [0.3, 0.4) is 0 Å². The number of hydrogen-bond donors (Lipinski definition) is 1. The molecular weight excluding hydrogens is 304 g/mol. The third-order valence-electron chi connectivity index (χ3n) is 3.10. The van der Waals surface area contributed by atoms with E-state index in [2.05, 4.69) is 10.5 Å². The molecule has 0 saturated carbocycles. The number of nitrogens with one attached hydrogen (secondary N) is 1. The second-order valence-electron chi connectivity index (χ2n) is 4.79. The van der Waals surface area contributed by atoms with Gasteiger partial charge in [-0.05, 0) is 26.0 Å². The fourth-order valence-electron chi connectivity index (χ4n) is 1.86. The van der Waals surface area contributed by atoms with Gasteiger partial charge < -0.3 is 14.6 Å². The number of amides is 1. The number of carbonyl (C=O) groups is 1. The predicted octanol–water partition coefficient (Wildman–Crippen LogP) is 2.27. The lowest BCUT2D eigenvalue weighted by Crippen LogP contribution is -2.30. The Balaban J connectivity index is 2.00. The van der Waals surface area contributed by atoms with E-state index in [1.54, 1.807) is 38.1 Å². The van der Waals surface area contributed by atoms with Crippen LogP contribution in [0.25, 0.3) is 0 Å². The standard InChI is InChI=1S/C15H18N2O4S/c1-10-8-12(17-21-10)9-22(19)11(2)15(18)16-13-6-4-5-7-14(13)20-3/h4-8,11H,9H2,1-3H3,(H,16,18). The molecule has 0 aliphatic heterocycles. The average molecular weight is 322 g/mol. The van der Waals surface area contributed by atoms with Crippen LogP contribution in [0.1, 0.15) is 18.4 Å². The number of ether oxygens (including phenoxy) is 1. The first-order chi connectivity index (χ1) is 10.5. The van der Waals surface area contributed by atoms with E-state index in [9.17, 15) is 9.00 Å². The molecule has 6 nitrogen and oxygen atoms in total. The van der Waals surface area contributed by atoms with E-state index in [1.807, 2.05) is 6.07 Å². The third-order valence-corrected chi connectivity index (χ3v) is 4.68. The fourth-order valence-corrected chi connectivity index (χ4v) is 2.83. The minimum atomic E-state index is -1.39. The molecule has 0 bridgehead atoms. The second kappa shape index (κ2) is 7.22. The van der Waals surface area contributed by atoms with E-state index < -0.39 is 16.0 Å². The minimum Gasteiger partial charge on any atom is -0.495 e. The summed E-state index contributed by atoms with van der Waals surface area (Å²) in [5.74, 6) is 1.06. The number of aryl methyl sites for hydroxylation is 1. The summed E-state index contributed by atoms with van der Waals surface area (Å²) in [7, 11) is 0.137.